The van der Waals surface area contributed by atoms with Crippen LogP contribution in [0.4, 0.5) is 5.13 Å². The van der Waals surface area contributed by atoms with Gasteiger partial charge in [0.1, 0.15) is 5.01 Å². The van der Waals surface area contributed by atoms with Gasteiger partial charge in [0.15, 0.2) is 0 Å². The third kappa shape index (κ3) is 1.43. The summed E-state index contributed by atoms with van der Waals surface area (Å²) in [5.41, 5.74) is 5.75. The van der Waals surface area contributed by atoms with E-state index in [1.807, 2.05) is 0 Å². The molecule has 0 atom stereocenters. The van der Waals surface area contributed by atoms with Gasteiger partial charge >= 0.3 is 0 Å². The maximum Gasteiger partial charge on any atom is 0.203 e. The molecule has 1 aliphatic rings. The van der Waals surface area contributed by atoms with Crippen LogP contribution in [0, 0.1) is 5.92 Å². The lowest BCUT2D eigenvalue weighted by Gasteiger charge is -2.38. The van der Waals surface area contributed by atoms with Crippen LogP contribution in [-0.4, -0.2) is 10.2 Å². The van der Waals surface area contributed by atoms with Crippen molar-refractivity contribution >= 4 is 16.5 Å². The standard InChI is InChI=1S/C9H15N3S/c1-9(2,6-4-3-5-6)7-11-12-8(10)13-7/h6H,3-5H2,1-2H3,(H2,10,12). The smallest absolute Gasteiger partial charge is 0.203 e. The van der Waals surface area contributed by atoms with Crippen LogP contribution in [0.15, 0.2) is 0 Å². The molecule has 0 amide bonds. The molecule has 0 saturated heterocycles. The average Bonchev–Trinajstić information content (AvgIpc) is 2.30. The van der Waals surface area contributed by atoms with E-state index in [2.05, 4.69) is 24.0 Å². The van der Waals surface area contributed by atoms with Crippen molar-refractivity contribution in [2.45, 2.75) is 38.5 Å². The summed E-state index contributed by atoms with van der Waals surface area (Å²) in [6, 6.07) is 0. The molecule has 1 heterocycles. The highest BCUT2D eigenvalue weighted by atomic mass is 32.1. The van der Waals surface area contributed by atoms with Gasteiger partial charge < -0.3 is 5.73 Å². The van der Waals surface area contributed by atoms with Gasteiger partial charge in [0.25, 0.3) is 0 Å². The predicted octanol–water partition coefficient (Wildman–Crippen LogP) is 2.20. The first-order valence-corrected chi connectivity index (χ1v) is 5.52. The summed E-state index contributed by atoms with van der Waals surface area (Å²) < 4.78 is 0. The lowest BCUT2D eigenvalue weighted by atomic mass is 9.68. The van der Waals surface area contributed by atoms with Crippen LogP contribution in [0.1, 0.15) is 38.1 Å². The molecule has 2 N–H and O–H groups in total. The van der Waals surface area contributed by atoms with Crippen molar-refractivity contribution in [3.05, 3.63) is 5.01 Å². The molecular formula is C9H15N3S. The fourth-order valence-electron chi connectivity index (χ4n) is 1.80. The highest BCUT2D eigenvalue weighted by molar-refractivity contribution is 7.15. The Morgan fingerprint density at radius 2 is 2.08 bits per heavy atom. The number of nitrogens with zero attached hydrogens (tertiary/aromatic N) is 2. The lowest BCUT2D eigenvalue weighted by Crippen LogP contribution is -2.33. The molecular weight excluding hydrogens is 182 g/mol. The summed E-state index contributed by atoms with van der Waals surface area (Å²) in [4.78, 5) is 0. The Labute approximate surface area is 82.4 Å². The van der Waals surface area contributed by atoms with Crippen molar-refractivity contribution in [1.29, 1.82) is 0 Å². The van der Waals surface area contributed by atoms with Crippen molar-refractivity contribution in [3.8, 4) is 0 Å². The number of hydrogen-bond donors (Lipinski definition) is 1. The van der Waals surface area contributed by atoms with E-state index in [1.54, 1.807) is 0 Å². The average molecular weight is 197 g/mol. The topological polar surface area (TPSA) is 51.8 Å². The minimum absolute atomic E-state index is 0.174. The van der Waals surface area contributed by atoms with Crippen LogP contribution >= 0.6 is 11.3 Å². The SMILES string of the molecule is CC(C)(c1nnc(N)s1)C1CCC1. The van der Waals surface area contributed by atoms with Gasteiger partial charge in [0, 0.05) is 5.41 Å². The van der Waals surface area contributed by atoms with E-state index in [9.17, 15) is 0 Å². The summed E-state index contributed by atoms with van der Waals surface area (Å²) >= 11 is 1.53. The van der Waals surface area contributed by atoms with E-state index < -0.39 is 0 Å². The van der Waals surface area contributed by atoms with Gasteiger partial charge in [-0.15, -0.1) is 10.2 Å². The van der Waals surface area contributed by atoms with Gasteiger partial charge in [-0.25, -0.2) is 0 Å². The third-order valence-corrected chi connectivity index (χ3v) is 4.21. The van der Waals surface area contributed by atoms with Crippen molar-refractivity contribution in [1.82, 2.24) is 10.2 Å². The zero-order valence-electron chi connectivity index (χ0n) is 8.08. The Morgan fingerprint density at radius 1 is 1.38 bits per heavy atom. The summed E-state index contributed by atoms with van der Waals surface area (Å²) in [6.07, 6.45) is 4.02. The molecule has 0 spiro atoms. The molecule has 72 valence electrons. The van der Waals surface area contributed by atoms with Gasteiger partial charge in [-0.3, -0.25) is 0 Å². The zero-order valence-corrected chi connectivity index (χ0v) is 8.90. The number of aromatic nitrogens is 2. The molecule has 1 aromatic heterocycles. The van der Waals surface area contributed by atoms with Crippen LogP contribution in [0.3, 0.4) is 0 Å². The van der Waals surface area contributed by atoms with E-state index in [0.29, 0.717) is 5.13 Å². The van der Waals surface area contributed by atoms with Gasteiger partial charge in [-0.2, -0.15) is 0 Å². The van der Waals surface area contributed by atoms with Crippen molar-refractivity contribution < 1.29 is 0 Å². The van der Waals surface area contributed by atoms with E-state index in [-0.39, 0.29) is 5.41 Å². The summed E-state index contributed by atoms with van der Waals surface area (Å²) in [5, 5.41) is 9.68. The number of rotatable bonds is 2. The molecule has 1 saturated carbocycles. The first-order valence-electron chi connectivity index (χ1n) is 4.70. The highest BCUT2D eigenvalue weighted by Crippen LogP contribution is 2.44. The maximum atomic E-state index is 5.58. The van der Waals surface area contributed by atoms with E-state index in [0.717, 1.165) is 10.9 Å². The number of nitrogens with two attached hydrogens (primary N) is 1. The summed E-state index contributed by atoms with van der Waals surface area (Å²) in [6.45, 7) is 4.49. The monoisotopic (exact) mass is 197 g/mol. The van der Waals surface area contributed by atoms with E-state index >= 15 is 0 Å². The van der Waals surface area contributed by atoms with Gasteiger partial charge in [0.2, 0.25) is 5.13 Å². The minimum atomic E-state index is 0.174. The molecule has 13 heavy (non-hydrogen) atoms. The molecule has 1 aliphatic carbocycles. The Hall–Kier alpha value is -0.640. The highest BCUT2D eigenvalue weighted by Gasteiger charge is 2.37. The second kappa shape index (κ2) is 2.94. The Morgan fingerprint density at radius 3 is 2.46 bits per heavy atom. The van der Waals surface area contributed by atoms with E-state index in [4.69, 9.17) is 5.73 Å². The fourth-order valence-corrected chi connectivity index (χ4v) is 2.59. The molecule has 0 aliphatic heterocycles. The van der Waals surface area contributed by atoms with Crippen molar-refractivity contribution in [2.75, 3.05) is 5.73 Å². The van der Waals surface area contributed by atoms with Crippen LogP contribution in [0.5, 0.6) is 0 Å². The largest absolute Gasteiger partial charge is 0.374 e. The van der Waals surface area contributed by atoms with Crippen LogP contribution in [-0.2, 0) is 5.41 Å². The molecule has 2 rings (SSSR count). The molecule has 4 heteroatoms. The molecule has 3 nitrogen and oxygen atoms in total. The predicted molar refractivity (Wildman–Crippen MR) is 54.7 cm³/mol. The Balaban J connectivity index is 2.22. The number of anilines is 1. The van der Waals surface area contributed by atoms with E-state index in [1.165, 1.54) is 30.6 Å². The molecule has 0 radical (unpaired) electrons. The first kappa shape index (κ1) is 8.94. The normalized spacial score (nSPS) is 18.6. The first-order chi connectivity index (χ1) is 6.10. The lowest BCUT2D eigenvalue weighted by molar-refractivity contribution is 0.193. The second-order valence-corrected chi connectivity index (χ2v) is 5.30. The molecule has 0 bridgehead atoms. The summed E-state index contributed by atoms with van der Waals surface area (Å²) in [7, 11) is 0. The minimum Gasteiger partial charge on any atom is -0.374 e. The van der Waals surface area contributed by atoms with Crippen LogP contribution in [0.2, 0.25) is 0 Å². The van der Waals surface area contributed by atoms with Crippen LogP contribution < -0.4 is 5.73 Å². The van der Waals surface area contributed by atoms with Gasteiger partial charge in [-0.1, -0.05) is 31.6 Å². The van der Waals surface area contributed by atoms with Crippen molar-refractivity contribution in [3.63, 3.8) is 0 Å². The van der Waals surface area contributed by atoms with Crippen LogP contribution in [0.25, 0.3) is 0 Å². The Kier molecular flexibility index (Phi) is 2.02. The van der Waals surface area contributed by atoms with Crippen molar-refractivity contribution in [2.24, 2.45) is 5.92 Å². The Bertz CT molecular complexity index is 302. The maximum absolute atomic E-state index is 5.58. The molecule has 0 unspecified atom stereocenters. The second-order valence-electron chi connectivity index (χ2n) is 4.29. The van der Waals surface area contributed by atoms with Gasteiger partial charge in [-0.05, 0) is 18.8 Å². The fraction of sp³-hybridized carbons (Fsp3) is 0.778. The quantitative estimate of drug-likeness (QED) is 0.790. The molecule has 1 fully saturated rings. The number of hydrogen-bond acceptors (Lipinski definition) is 4. The molecule has 1 aromatic rings. The summed E-state index contributed by atoms with van der Waals surface area (Å²) in [5.74, 6) is 0.778. The third-order valence-electron chi connectivity index (χ3n) is 3.12. The molecule has 0 aromatic carbocycles. The zero-order chi connectivity index (χ0) is 9.47. The van der Waals surface area contributed by atoms with Gasteiger partial charge in [0.05, 0.1) is 0 Å². The number of nitrogen functional groups attached to an aromatic ring is 1.